The summed E-state index contributed by atoms with van der Waals surface area (Å²) >= 11 is 3.83. The predicted octanol–water partition coefficient (Wildman–Crippen LogP) is 4.93. The third kappa shape index (κ3) is 2.25. The Morgan fingerprint density at radius 2 is 1.52 bits per heavy atom. The summed E-state index contributed by atoms with van der Waals surface area (Å²) in [6.45, 7) is 0. The predicted molar refractivity (Wildman–Crippen MR) is 93.5 cm³/mol. The molecule has 4 rings (SSSR count). The van der Waals surface area contributed by atoms with Gasteiger partial charge >= 0.3 is 5.97 Å². The van der Waals surface area contributed by atoms with E-state index in [2.05, 4.69) is 28.1 Å². The molecule has 2 aromatic rings. The number of hydrogen-bond acceptors (Lipinski definition) is 2. The number of halogens is 1. The minimum absolute atomic E-state index is 0.217. The zero-order valence-electron chi connectivity index (χ0n) is 12.8. The molecule has 0 radical (unpaired) electrons. The van der Waals surface area contributed by atoms with Crippen LogP contribution in [0.5, 0.6) is 0 Å². The van der Waals surface area contributed by atoms with E-state index >= 15 is 0 Å². The first kappa shape index (κ1) is 14.9. The Bertz CT molecular complexity index is 686. The molecule has 0 heterocycles. The van der Waals surface area contributed by atoms with E-state index in [-0.39, 0.29) is 5.97 Å². The molecule has 2 bridgehead atoms. The molecular formula is C20H19BrO2. The SMILES string of the molecule is O=C(OC1(c2ccccc2)[C@@H]2CCC[C@H]1C2Br)c1ccccc1. The number of esters is 1. The molecule has 0 saturated heterocycles. The summed E-state index contributed by atoms with van der Waals surface area (Å²) in [5, 5.41) is 0. The summed E-state index contributed by atoms with van der Waals surface area (Å²) in [5.74, 6) is 0.498. The first-order valence-corrected chi connectivity index (χ1v) is 9.13. The number of rotatable bonds is 3. The van der Waals surface area contributed by atoms with Crippen molar-refractivity contribution in [3.8, 4) is 0 Å². The van der Waals surface area contributed by atoms with Crippen molar-refractivity contribution in [3.63, 3.8) is 0 Å². The van der Waals surface area contributed by atoms with Crippen LogP contribution in [0.1, 0.15) is 35.2 Å². The average molecular weight is 371 g/mol. The van der Waals surface area contributed by atoms with Crippen molar-refractivity contribution in [2.24, 2.45) is 11.8 Å². The summed E-state index contributed by atoms with van der Waals surface area (Å²) in [5.41, 5.74) is 1.29. The zero-order valence-corrected chi connectivity index (χ0v) is 14.4. The quantitative estimate of drug-likeness (QED) is 0.565. The number of ether oxygens (including phenoxy) is 1. The van der Waals surface area contributed by atoms with Crippen molar-refractivity contribution in [1.29, 1.82) is 0 Å². The summed E-state index contributed by atoms with van der Waals surface area (Å²) < 4.78 is 6.21. The van der Waals surface area contributed by atoms with Gasteiger partial charge < -0.3 is 4.74 Å². The van der Waals surface area contributed by atoms with Gasteiger partial charge in [-0.3, -0.25) is 0 Å². The van der Waals surface area contributed by atoms with Crippen molar-refractivity contribution in [2.75, 3.05) is 0 Å². The summed E-state index contributed by atoms with van der Waals surface area (Å²) in [6.07, 6.45) is 3.42. The number of carbonyl (C=O) groups is 1. The molecule has 2 saturated carbocycles. The average Bonchev–Trinajstić information content (AvgIpc) is 2.63. The highest BCUT2D eigenvalue weighted by molar-refractivity contribution is 9.09. The summed E-state index contributed by atoms with van der Waals surface area (Å²) in [6, 6.07) is 19.6. The van der Waals surface area contributed by atoms with Gasteiger partial charge in [-0.15, -0.1) is 0 Å². The highest BCUT2D eigenvalue weighted by Gasteiger charge is 2.66. The van der Waals surface area contributed by atoms with Crippen LogP contribution < -0.4 is 0 Å². The van der Waals surface area contributed by atoms with E-state index in [1.165, 1.54) is 6.42 Å². The van der Waals surface area contributed by atoms with E-state index < -0.39 is 5.60 Å². The minimum atomic E-state index is -0.472. The Balaban J connectivity index is 1.72. The lowest BCUT2D eigenvalue weighted by molar-refractivity contribution is -0.180. The van der Waals surface area contributed by atoms with Gasteiger partial charge in [0.2, 0.25) is 0 Å². The molecule has 2 unspecified atom stereocenters. The number of benzene rings is 2. The Morgan fingerprint density at radius 3 is 2.09 bits per heavy atom. The molecule has 23 heavy (non-hydrogen) atoms. The minimum Gasteiger partial charge on any atom is -0.450 e. The van der Waals surface area contributed by atoms with Crippen LogP contribution >= 0.6 is 15.9 Å². The molecule has 2 aromatic carbocycles. The maximum atomic E-state index is 12.7. The smallest absolute Gasteiger partial charge is 0.339 e. The lowest BCUT2D eigenvalue weighted by atomic mass is 9.51. The molecule has 2 aliphatic rings. The van der Waals surface area contributed by atoms with E-state index in [0.717, 1.165) is 18.4 Å². The molecule has 0 amide bonds. The highest BCUT2D eigenvalue weighted by atomic mass is 79.9. The Labute approximate surface area is 145 Å². The van der Waals surface area contributed by atoms with Crippen molar-refractivity contribution in [1.82, 2.24) is 0 Å². The van der Waals surface area contributed by atoms with Gasteiger partial charge in [-0.1, -0.05) is 70.9 Å². The Kier molecular flexibility index (Phi) is 3.76. The maximum absolute atomic E-state index is 12.7. The van der Waals surface area contributed by atoms with Gasteiger partial charge in [0.1, 0.15) is 5.60 Å². The second kappa shape index (κ2) is 5.79. The van der Waals surface area contributed by atoms with E-state index in [1.54, 1.807) is 0 Å². The molecule has 2 nitrogen and oxygen atoms in total. The third-order valence-corrected chi connectivity index (χ3v) is 6.67. The molecule has 4 atom stereocenters. The fraction of sp³-hybridized carbons (Fsp3) is 0.350. The van der Waals surface area contributed by atoms with Crippen LogP contribution in [-0.2, 0) is 10.3 Å². The number of carbonyl (C=O) groups excluding carboxylic acids is 1. The fourth-order valence-corrected chi connectivity index (χ4v) is 5.65. The van der Waals surface area contributed by atoms with Gasteiger partial charge in [0.25, 0.3) is 0 Å². The molecule has 0 aliphatic heterocycles. The van der Waals surface area contributed by atoms with Gasteiger partial charge in [0.15, 0.2) is 0 Å². The molecule has 3 heteroatoms. The van der Waals surface area contributed by atoms with Gasteiger partial charge in [0, 0.05) is 16.7 Å². The maximum Gasteiger partial charge on any atom is 0.339 e. The van der Waals surface area contributed by atoms with E-state index in [9.17, 15) is 4.79 Å². The van der Waals surface area contributed by atoms with Crippen LogP contribution in [0.4, 0.5) is 0 Å². The lowest BCUT2D eigenvalue weighted by Gasteiger charge is -2.62. The molecule has 0 spiro atoms. The van der Waals surface area contributed by atoms with Crippen LogP contribution in [0, 0.1) is 11.8 Å². The normalized spacial score (nSPS) is 32.0. The van der Waals surface area contributed by atoms with Crippen LogP contribution in [0.2, 0.25) is 0 Å². The largest absolute Gasteiger partial charge is 0.450 e. The first-order valence-electron chi connectivity index (χ1n) is 8.21. The van der Waals surface area contributed by atoms with E-state index in [4.69, 9.17) is 4.74 Å². The highest BCUT2D eigenvalue weighted by Crippen LogP contribution is 2.64. The topological polar surface area (TPSA) is 26.3 Å². The van der Waals surface area contributed by atoms with E-state index in [0.29, 0.717) is 22.2 Å². The lowest BCUT2D eigenvalue weighted by Crippen LogP contribution is -2.65. The third-order valence-electron chi connectivity index (χ3n) is 5.40. The second-order valence-electron chi connectivity index (χ2n) is 6.50. The number of alkyl halides is 1. The van der Waals surface area contributed by atoms with Crippen LogP contribution in [0.15, 0.2) is 60.7 Å². The summed E-state index contributed by atoms with van der Waals surface area (Å²) in [4.78, 5) is 13.2. The van der Waals surface area contributed by atoms with Gasteiger partial charge in [-0.2, -0.15) is 0 Å². The molecule has 0 aromatic heterocycles. The number of hydrogen-bond donors (Lipinski definition) is 0. The standard InChI is InChI=1S/C20H19BrO2/c21-18-16-12-7-13-17(18)20(16,15-10-5-2-6-11-15)23-19(22)14-8-3-1-4-9-14/h1-6,8-11,16-18H,7,12-13H2/t16-,17+,18?,20?. The molecule has 2 fully saturated rings. The van der Waals surface area contributed by atoms with Crippen LogP contribution in [-0.4, -0.2) is 10.8 Å². The fourth-order valence-electron chi connectivity index (χ4n) is 4.34. The molecular weight excluding hydrogens is 352 g/mol. The van der Waals surface area contributed by atoms with Gasteiger partial charge in [-0.25, -0.2) is 4.79 Å². The Morgan fingerprint density at radius 1 is 0.957 bits per heavy atom. The van der Waals surface area contributed by atoms with Crippen molar-refractivity contribution in [3.05, 3.63) is 71.8 Å². The second-order valence-corrected chi connectivity index (χ2v) is 7.56. The van der Waals surface area contributed by atoms with Crippen LogP contribution in [0.3, 0.4) is 0 Å². The molecule has 0 N–H and O–H groups in total. The molecule has 2 aliphatic carbocycles. The first-order chi connectivity index (χ1) is 11.2. The monoisotopic (exact) mass is 370 g/mol. The van der Waals surface area contributed by atoms with Crippen molar-refractivity contribution >= 4 is 21.9 Å². The number of fused-ring (bicyclic) bond motifs is 2. The van der Waals surface area contributed by atoms with Gasteiger partial charge in [0.05, 0.1) is 5.56 Å². The zero-order chi connectivity index (χ0) is 15.9. The van der Waals surface area contributed by atoms with Crippen LogP contribution in [0.25, 0.3) is 0 Å². The summed E-state index contributed by atoms with van der Waals surface area (Å²) in [7, 11) is 0. The van der Waals surface area contributed by atoms with Crippen molar-refractivity contribution < 1.29 is 9.53 Å². The molecule has 118 valence electrons. The Hall–Kier alpha value is -1.61. The van der Waals surface area contributed by atoms with Gasteiger partial charge in [-0.05, 0) is 30.5 Å². The van der Waals surface area contributed by atoms with Crippen molar-refractivity contribution in [2.45, 2.75) is 29.7 Å². The van der Waals surface area contributed by atoms with E-state index in [1.807, 2.05) is 48.5 Å².